The van der Waals surface area contributed by atoms with Gasteiger partial charge in [-0.15, -0.1) is 0 Å². The van der Waals surface area contributed by atoms with E-state index >= 15 is 0 Å². The molecule has 0 bridgehead atoms. The molecule has 1 aromatic carbocycles. The average molecular weight is 423 g/mol. The normalized spacial score (nSPS) is 12.4. The van der Waals surface area contributed by atoms with Crippen LogP contribution in [-0.4, -0.2) is 22.0 Å². The monoisotopic (exact) mass is 421 g/mol. The lowest BCUT2D eigenvalue weighted by Crippen LogP contribution is -2.23. The van der Waals surface area contributed by atoms with Crippen molar-refractivity contribution >= 4 is 39.4 Å². The SMILES string of the molecule is C=C/C=C(\C(=C)Cl)C(C)OC(=O)Nc1ccnn1-c1ccc(Br)cc1. The van der Waals surface area contributed by atoms with E-state index in [0.717, 1.165) is 10.2 Å². The van der Waals surface area contributed by atoms with Crippen LogP contribution in [0.15, 0.2) is 76.9 Å². The summed E-state index contributed by atoms with van der Waals surface area (Å²) in [6.07, 6.45) is 3.60. The van der Waals surface area contributed by atoms with E-state index in [9.17, 15) is 4.79 Å². The molecule has 2 aromatic rings. The second-order valence-corrected chi connectivity index (χ2v) is 6.41. The van der Waals surface area contributed by atoms with Gasteiger partial charge in [0.15, 0.2) is 0 Å². The Hall–Kier alpha value is -2.31. The second-order valence-electron chi connectivity index (χ2n) is 5.04. The van der Waals surface area contributed by atoms with E-state index in [-0.39, 0.29) is 0 Å². The number of benzene rings is 1. The van der Waals surface area contributed by atoms with Gasteiger partial charge in [-0.1, -0.05) is 52.8 Å². The van der Waals surface area contributed by atoms with Crippen LogP contribution in [0.25, 0.3) is 5.69 Å². The van der Waals surface area contributed by atoms with Crippen LogP contribution < -0.4 is 5.32 Å². The van der Waals surface area contributed by atoms with Gasteiger partial charge in [0.1, 0.15) is 11.9 Å². The fraction of sp³-hybridized carbons (Fsp3) is 0.111. The van der Waals surface area contributed by atoms with Gasteiger partial charge in [0.25, 0.3) is 0 Å². The smallest absolute Gasteiger partial charge is 0.413 e. The van der Waals surface area contributed by atoms with Crippen molar-refractivity contribution in [2.24, 2.45) is 0 Å². The van der Waals surface area contributed by atoms with Crippen LogP contribution in [0.2, 0.25) is 0 Å². The molecule has 7 heteroatoms. The first-order valence-corrected chi connectivity index (χ1v) is 8.54. The van der Waals surface area contributed by atoms with Crippen molar-refractivity contribution in [1.82, 2.24) is 9.78 Å². The Labute approximate surface area is 159 Å². The van der Waals surface area contributed by atoms with Crippen LogP contribution in [0.3, 0.4) is 0 Å². The third kappa shape index (κ3) is 5.08. The molecule has 1 atom stereocenters. The minimum Gasteiger partial charge on any atom is -0.441 e. The molecular formula is C18H17BrClN3O2. The van der Waals surface area contributed by atoms with E-state index < -0.39 is 12.2 Å². The highest BCUT2D eigenvalue weighted by Crippen LogP contribution is 2.21. The molecule has 0 fully saturated rings. The van der Waals surface area contributed by atoms with Crippen LogP contribution >= 0.6 is 27.5 Å². The van der Waals surface area contributed by atoms with Crippen LogP contribution in [-0.2, 0) is 4.74 Å². The Bertz CT molecular complexity index is 812. The van der Waals surface area contributed by atoms with E-state index in [4.69, 9.17) is 16.3 Å². The van der Waals surface area contributed by atoms with E-state index in [1.165, 1.54) is 0 Å². The number of aromatic nitrogens is 2. The van der Waals surface area contributed by atoms with Crippen molar-refractivity contribution in [3.05, 3.63) is 76.9 Å². The van der Waals surface area contributed by atoms with Crippen LogP contribution in [0.5, 0.6) is 0 Å². The molecule has 0 spiro atoms. The van der Waals surface area contributed by atoms with Crippen LogP contribution in [0.1, 0.15) is 6.92 Å². The molecule has 0 saturated carbocycles. The average Bonchev–Trinajstić information content (AvgIpc) is 3.00. The number of amides is 1. The molecular weight excluding hydrogens is 406 g/mol. The number of allylic oxidation sites excluding steroid dienone is 2. The topological polar surface area (TPSA) is 56.1 Å². The third-order valence-corrected chi connectivity index (χ3v) is 4.02. The van der Waals surface area contributed by atoms with Gasteiger partial charge in [0, 0.05) is 21.1 Å². The van der Waals surface area contributed by atoms with Crippen molar-refractivity contribution < 1.29 is 9.53 Å². The number of halogens is 2. The maximum atomic E-state index is 12.2. The lowest BCUT2D eigenvalue weighted by Gasteiger charge is -2.16. The number of rotatable bonds is 6. The summed E-state index contributed by atoms with van der Waals surface area (Å²) in [5, 5.41) is 7.18. The second kappa shape index (κ2) is 8.69. The Morgan fingerprint density at radius 3 is 2.68 bits per heavy atom. The zero-order chi connectivity index (χ0) is 18.4. The molecule has 0 aliphatic carbocycles. The number of nitrogens with zero attached hydrogens (tertiary/aromatic N) is 2. The largest absolute Gasteiger partial charge is 0.441 e. The van der Waals surface area contributed by atoms with Crippen molar-refractivity contribution in [1.29, 1.82) is 0 Å². The van der Waals surface area contributed by atoms with E-state index in [0.29, 0.717) is 16.4 Å². The first-order valence-electron chi connectivity index (χ1n) is 7.37. The first kappa shape index (κ1) is 19.0. The van der Waals surface area contributed by atoms with Gasteiger partial charge in [0.05, 0.1) is 11.9 Å². The molecule has 2 rings (SSSR count). The lowest BCUT2D eigenvalue weighted by atomic mass is 10.1. The molecule has 1 N–H and O–H groups in total. The minimum absolute atomic E-state index is 0.292. The Balaban J connectivity index is 2.10. The molecule has 5 nitrogen and oxygen atoms in total. The van der Waals surface area contributed by atoms with Crippen molar-refractivity contribution in [3.8, 4) is 5.69 Å². The molecule has 1 amide bonds. The summed E-state index contributed by atoms with van der Waals surface area (Å²) in [7, 11) is 0. The summed E-state index contributed by atoms with van der Waals surface area (Å²) in [5.41, 5.74) is 1.38. The van der Waals surface area contributed by atoms with Crippen molar-refractivity contribution in [2.45, 2.75) is 13.0 Å². The zero-order valence-corrected chi connectivity index (χ0v) is 15.9. The van der Waals surface area contributed by atoms with Gasteiger partial charge in [0.2, 0.25) is 0 Å². The summed E-state index contributed by atoms with van der Waals surface area (Å²) in [6, 6.07) is 9.20. The predicted molar refractivity (Wildman–Crippen MR) is 104 cm³/mol. The molecule has 0 aliphatic rings. The lowest BCUT2D eigenvalue weighted by molar-refractivity contribution is 0.138. The molecule has 25 heavy (non-hydrogen) atoms. The molecule has 1 heterocycles. The van der Waals surface area contributed by atoms with E-state index in [2.05, 4.69) is 39.5 Å². The highest BCUT2D eigenvalue weighted by atomic mass is 79.9. The number of ether oxygens (including phenoxy) is 1. The van der Waals surface area contributed by atoms with Gasteiger partial charge in [-0.05, 0) is 31.2 Å². The quantitative estimate of drug-likeness (QED) is 0.631. The Kier molecular flexibility index (Phi) is 6.61. The maximum absolute atomic E-state index is 12.2. The Morgan fingerprint density at radius 1 is 1.40 bits per heavy atom. The van der Waals surface area contributed by atoms with Gasteiger partial charge < -0.3 is 4.74 Å². The highest BCUT2D eigenvalue weighted by Gasteiger charge is 2.17. The van der Waals surface area contributed by atoms with E-state index in [1.807, 2.05) is 24.3 Å². The summed E-state index contributed by atoms with van der Waals surface area (Å²) in [5.74, 6) is 0.485. The first-order chi connectivity index (χ1) is 11.9. The summed E-state index contributed by atoms with van der Waals surface area (Å²) in [6.45, 7) is 8.97. The molecule has 0 aliphatic heterocycles. The zero-order valence-electron chi connectivity index (χ0n) is 13.6. The van der Waals surface area contributed by atoms with Gasteiger partial charge in [-0.3, -0.25) is 5.32 Å². The number of anilines is 1. The van der Waals surface area contributed by atoms with Crippen molar-refractivity contribution in [3.63, 3.8) is 0 Å². The molecule has 130 valence electrons. The standard InChI is InChI=1S/C18H17BrClN3O2/c1-4-5-16(12(2)20)13(3)25-18(24)22-17-10-11-21-23(17)15-8-6-14(19)7-9-15/h4-11,13H,1-2H2,3H3,(H,22,24)/b16-5+. The van der Waals surface area contributed by atoms with Crippen molar-refractivity contribution in [2.75, 3.05) is 5.32 Å². The summed E-state index contributed by atoms with van der Waals surface area (Å²) >= 11 is 9.30. The number of carbonyl (C=O) groups excluding carboxylic acids is 1. The number of hydrogen-bond acceptors (Lipinski definition) is 3. The summed E-state index contributed by atoms with van der Waals surface area (Å²) in [4.78, 5) is 12.2. The number of carbonyl (C=O) groups is 1. The van der Waals surface area contributed by atoms with E-state index in [1.54, 1.807) is 36.0 Å². The Morgan fingerprint density at radius 2 is 2.08 bits per heavy atom. The maximum Gasteiger partial charge on any atom is 0.413 e. The highest BCUT2D eigenvalue weighted by molar-refractivity contribution is 9.10. The fourth-order valence-electron chi connectivity index (χ4n) is 2.12. The third-order valence-electron chi connectivity index (χ3n) is 3.28. The van der Waals surface area contributed by atoms with Crippen LogP contribution in [0, 0.1) is 0 Å². The van der Waals surface area contributed by atoms with Crippen LogP contribution in [0.4, 0.5) is 10.6 Å². The van der Waals surface area contributed by atoms with Gasteiger partial charge in [-0.25, -0.2) is 9.48 Å². The predicted octanol–water partition coefficient (Wildman–Crippen LogP) is 5.44. The fourth-order valence-corrected chi connectivity index (χ4v) is 2.60. The molecule has 0 saturated heterocycles. The number of nitrogens with one attached hydrogen (secondary N) is 1. The summed E-state index contributed by atoms with van der Waals surface area (Å²) < 4.78 is 7.90. The van der Waals surface area contributed by atoms with Gasteiger partial charge >= 0.3 is 6.09 Å². The molecule has 1 unspecified atom stereocenters. The minimum atomic E-state index is -0.626. The molecule has 0 radical (unpaired) electrons. The van der Waals surface area contributed by atoms with Gasteiger partial charge in [-0.2, -0.15) is 5.10 Å². The molecule has 1 aromatic heterocycles. The number of hydrogen-bond donors (Lipinski definition) is 1.